The monoisotopic (exact) mass is 587 g/mol. The number of ether oxygens (including phenoxy) is 3. The zero-order valence-electron chi connectivity index (χ0n) is 22.9. The minimum absolute atomic E-state index is 0.00985. The number of nitrogens with zero attached hydrogens (tertiary/aromatic N) is 1. The number of hydrogen-bond acceptors (Lipinski definition) is 6. The van der Waals surface area contributed by atoms with Crippen LogP contribution in [0.5, 0.6) is 17.2 Å². The summed E-state index contributed by atoms with van der Waals surface area (Å²) in [6.07, 6.45) is -2.77. The second kappa shape index (κ2) is 11.1. The van der Waals surface area contributed by atoms with Gasteiger partial charge in [-0.05, 0) is 67.8 Å². The summed E-state index contributed by atoms with van der Waals surface area (Å²) in [4.78, 5) is 29.8. The molecule has 42 heavy (non-hydrogen) atoms. The second-order valence-electron chi connectivity index (χ2n) is 10.4. The third-order valence-corrected chi connectivity index (χ3v) is 7.63. The molecule has 2 aromatic carbocycles. The van der Waals surface area contributed by atoms with Crippen LogP contribution in [0, 0.1) is 5.82 Å². The van der Waals surface area contributed by atoms with Crippen LogP contribution in [0.4, 0.5) is 17.6 Å². The number of carbonyl (C=O) groups excluding carboxylic acids is 2. The van der Waals surface area contributed by atoms with E-state index in [-0.39, 0.29) is 53.0 Å². The second-order valence-corrected chi connectivity index (χ2v) is 10.4. The number of nitrogens with two attached hydrogens (primary N) is 1. The minimum Gasteiger partial charge on any atom is -0.493 e. The molecule has 0 radical (unpaired) electrons. The summed E-state index contributed by atoms with van der Waals surface area (Å²) >= 11 is 0. The van der Waals surface area contributed by atoms with Crippen molar-refractivity contribution in [2.45, 2.75) is 49.8 Å². The topological polar surface area (TPSA) is 113 Å². The van der Waals surface area contributed by atoms with Crippen molar-refractivity contribution < 1.29 is 41.4 Å². The van der Waals surface area contributed by atoms with Crippen molar-refractivity contribution in [3.05, 3.63) is 71.2 Å². The highest BCUT2D eigenvalue weighted by atomic mass is 19.4. The molecule has 3 N–H and O–H groups in total. The molecular weight excluding hydrogens is 558 g/mol. The predicted molar refractivity (Wildman–Crippen MR) is 144 cm³/mol. The zero-order chi connectivity index (χ0) is 30.2. The summed E-state index contributed by atoms with van der Waals surface area (Å²) in [5, 5.41) is 2.35. The average Bonchev–Trinajstić information content (AvgIpc) is 3.69. The Morgan fingerprint density at radius 1 is 1.14 bits per heavy atom. The number of pyridine rings is 1. The first kappa shape index (κ1) is 29.2. The number of rotatable bonds is 10. The minimum atomic E-state index is -4.84. The van der Waals surface area contributed by atoms with E-state index in [0.717, 1.165) is 25.0 Å². The lowest BCUT2D eigenvalue weighted by Gasteiger charge is -2.25. The quantitative estimate of drug-likeness (QED) is 0.322. The van der Waals surface area contributed by atoms with Crippen molar-refractivity contribution in [3.8, 4) is 28.5 Å². The lowest BCUT2D eigenvalue weighted by molar-refractivity contribution is -0.149. The van der Waals surface area contributed by atoms with Gasteiger partial charge in [-0.25, -0.2) is 9.37 Å². The molecule has 1 aliphatic carbocycles. The van der Waals surface area contributed by atoms with Gasteiger partial charge in [0.2, 0.25) is 5.91 Å². The van der Waals surface area contributed by atoms with Crippen LogP contribution in [0.15, 0.2) is 48.5 Å². The summed E-state index contributed by atoms with van der Waals surface area (Å²) in [7, 11) is 1.40. The number of amides is 2. The van der Waals surface area contributed by atoms with Gasteiger partial charge >= 0.3 is 6.18 Å². The number of aromatic nitrogens is 1. The van der Waals surface area contributed by atoms with Gasteiger partial charge in [0.1, 0.15) is 35.2 Å². The number of methoxy groups -OCH3 is 1. The van der Waals surface area contributed by atoms with Gasteiger partial charge in [-0.2, -0.15) is 13.2 Å². The highest BCUT2D eigenvalue weighted by Gasteiger charge is 2.49. The molecule has 3 aromatic rings. The fourth-order valence-electron chi connectivity index (χ4n) is 4.94. The first-order chi connectivity index (χ1) is 20.0. The van der Waals surface area contributed by atoms with Gasteiger partial charge in [-0.15, -0.1) is 0 Å². The van der Waals surface area contributed by atoms with Gasteiger partial charge < -0.3 is 25.3 Å². The Balaban J connectivity index is 1.50. The molecule has 1 saturated carbocycles. The number of halogens is 4. The number of benzene rings is 2. The molecule has 2 atom stereocenters. The van der Waals surface area contributed by atoms with E-state index in [1.54, 1.807) is 13.0 Å². The van der Waals surface area contributed by atoms with E-state index in [0.29, 0.717) is 5.75 Å². The largest absolute Gasteiger partial charge is 0.493 e. The van der Waals surface area contributed by atoms with E-state index in [9.17, 15) is 27.2 Å². The number of carbonyl (C=O) groups is 2. The van der Waals surface area contributed by atoms with Gasteiger partial charge in [-0.3, -0.25) is 9.59 Å². The van der Waals surface area contributed by atoms with Crippen molar-refractivity contribution in [2.75, 3.05) is 20.3 Å². The Morgan fingerprint density at radius 2 is 1.86 bits per heavy atom. The van der Waals surface area contributed by atoms with E-state index in [4.69, 9.17) is 19.9 Å². The standard InChI is InChI=1S/C30H29F4N3O5/c1-3-29(28(35)39)15-41-26-20(29)13-22(37-25(26)16-4-7-18(31)8-5-16)21(30(32,33)34)14-36-27(38)17-6-11-23(24(12-17)40-2)42-19-9-10-19/h4-8,11-13,19,21H,3,9-10,14-15H2,1-2H3,(H2,35,39)(H,36,38)/t21-,29+/m1/s1. The summed E-state index contributed by atoms with van der Waals surface area (Å²) in [6, 6.07) is 10.5. The molecule has 0 spiro atoms. The summed E-state index contributed by atoms with van der Waals surface area (Å²) < 4.78 is 74.1. The van der Waals surface area contributed by atoms with Crippen LogP contribution in [0.3, 0.4) is 0 Å². The Labute approximate surface area is 239 Å². The van der Waals surface area contributed by atoms with Crippen molar-refractivity contribution in [3.63, 3.8) is 0 Å². The maximum Gasteiger partial charge on any atom is 0.398 e. The highest BCUT2D eigenvalue weighted by molar-refractivity contribution is 5.95. The van der Waals surface area contributed by atoms with Gasteiger partial charge in [0.05, 0.1) is 18.9 Å². The Kier molecular flexibility index (Phi) is 7.74. The number of primary amides is 1. The number of fused-ring (bicyclic) bond motifs is 1. The first-order valence-corrected chi connectivity index (χ1v) is 13.4. The molecule has 0 saturated heterocycles. The van der Waals surface area contributed by atoms with Gasteiger partial charge in [-0.1, -0.05) is 6.92 Å². The van der Waals surface area contributed by atoms with Crippen LogP contribution in [0.1, 0.15) is 53.7 Å². The zero-order valence-corrected chi connectivity index (χ0v) is 22.9. The number of nitrogens with one attached hydrogen (secondary N) is 1. The number of alkyl halides is 3. The van der Waals surface area contributed by atoms with Crippen molar-refractivity contribution in [1.82, 2.24) is 10.3 Å². The molecule has 8 nitrogen and oxygen atoms in total. The molecule has 2 amide bonds. The third-order valence-electron chi connectivity index (χ3n) is 7.63. The first-order valence-electron chi connectivity index (χ1n) is 13.4. The molecule has 222 valence electrons. The lowest BCUT2D eigenvalue weighted by Crippen LogP contribution is -2.42. The maximum atomic E-state index is 14.5. The smallest absolute Gasteiger partial charge is 0.398 e. The normalized spacial score (nSPS) is 18.5. The van der Waals surface area contributed by atoms with E-state index in [1.807, 2.05) is 0 Å². The van der Waals surface area contributed by atoms with Crippen LogP contribution < -0.4 is 25.3 Å². The van der Waals surface area contributed by atoms with E-state index in [2.05, 4.69) is 10.3 Å². The third kappa shape index (κ3) is 5.57. The summed E-state index contributed by atoms with van der Waals surface area (Å²) in [5.74, 6) is -3.49. The highest BCUT2D eigenvalue weighted by Crippen LogP contribution is 2.48. The Bertz CT molecular complexity index is 1510. The predicted octanol–water partition coefficient (Wildman–Crippen LogP) is 5.04. The van der Waals surface area contributed by atoms with E-state index in [1.165, 1.54) is 37.4 Å². The molecule has 0 unspecified atom stereocenters. The van der Waals surface area contributed by atoms with Crippen LogP contribution >= 0.6 is 0 Å². The molecule has 2 aliphatic rings. The molecule has 5 rings (SSSR count). The van der Waals surface area contributed by atoms with Gasteiger partial charge in [0.15, 0.2) is 11.5 Å². The maximum absolute atomic E-state index is 14.5. The molecular formula is C30H29F4N3O5. The van der Waals surface area contributed by atoms with Crippen LogP contribution in [-0.2, 0) is 10.2 Å². The molecule has 12 heteroatoms. The van der Waals surface area contributed by atoms with E-state index >= 15 is 0 Å². The fourth-order valence-corrected chi connectivity index (χ4v) is 4.94. The van der Waals surface area contributed by atoms with Gasteiger partial charge in [0, 0.05) is 23.2 Å². The van der Waals surface area contributed by atoms with Crippen molar-refractivity contribution in [1.29, 1.82) is 0 Å². The molecule has 1 fully saturated rings. The Morgan fingerprint density at radius 3 is 2.45 bits per heavy atom. The van der Waals surface area contributed by atoms with Crippen molar-refractivity contribution in [2.24, 2.45) is 5.73 Å². The van der Waals surface area contributed by atoms with E-state index < -0.39 is 47.4 Å². The van der Waals surface area contributed by atoms with Crippen LogP contribution in [0.25, 0.3) is 11.3 Å². The molecule has 0 bridgehead atoms. The molecule has 1 aliphatic heterocycles. The van der Waals surface area contributed by atoms with Gasteiger partial charge in [0.25, 0.3) is 5.91 Å². The SMILES string of the molecule is CC[C@]1(C(N)=O)COc2c1cc([C@@H](CNC(=O)c1ccc(OC3CC3)c(OC)c1)C(F)(F)F)nc2-c1ccc(F)cc1. The van der Waals surface area contributed by atoms with Crippen molar-refractivity contribution >= 4 is 11.8 Å². The fraction of sp³-hybridized carbons (Fsp3) is 0.367. The summed E-state index contributed by atoms with van der Waals surface area (Å²) in [6.45, 7) is 0.650. The van der Waals surface area contributed by atoms with Crippen LogP contribution in [0.2, 0.25) is 0 Å². The lowest BCUT2D eigenvalue weighted by atomic mass is 9.78. The molecule has 1 aromatic heterocycles. The average molecular weight is 588 g/mol. The molecule has 2 heterocycles. The van der Waals surface area contributed by atoms with Crippen LogP contribution in [-0.4, -0.2) is 49.3 Å². The Hall–Kier alpha value is -4.35. The number of hydrogen-bond donors (Lipinski definition) is 2. The summed E-state index contributed by atoms with van der Waals surface area (Å²) in [5.41, 5.74) is 4.43.